The van der Waals surface area contributed by atoms with Gasteiger partial charge in [-0.3, -0.25) is 9.36 Å². The zero-order valence-corrected chi connectivity index (χ0v) is 19.5. The molecular weight excluding hydrogens is 447 g/mol. The van der Waals surface area contributed by atoms with Gasteiger partial charge in [-0.2, -0.15) is 0 Å². The second kappa shape index (κ2) is 8.87. The number of nitrogens with one attached hydrogen (secondary N) is 2. The molecule has 164 valence electrons. The number of carbonyl (C=O) groups excluding carboxylic acids is 1. The summed E-state index contributed by atoms with van der Waals surface area (Å²) < 4.78 is 20.0. The van der Waals surface area contributed by atoms with Crippen LogP contribution in [0.4, 0.5) is 0 Å². The van der Waals surface area contributed by atoms with E-state index in [0.29, 0.717) is 26.5 Å². The van der Waals surface area contributed by atoms with E-state index in [1.807, 2.05) is 32.0 Å². The SMILES string of the molecule is COP(=O)(c1cc(C)cc(Cl)c1)c1c(C(=O)NCc2cncnc2)[nH]c2ccc(C)cc12. The molecule has 4 aromatic rings. The van der Waals surface area contributed by atoms with Gasteiger partial charge in [0.15, 0.2) is 0 Å². The van der Waals surface area contributed by atoms with E-state index in [0.717, 1.165) is 16.7 Å². The van der Waals surface area contributed by atoms with Gasteiger partial charge in [0.05, 0.1) is 5.30 Å². The number of H-pyrrole nitrogens is 1. The van der Waals surface area contributed by atoms with Crippen molar-refractivity contribution in [3.63, 3.8) is 0 Å². The standard InChI is InChI=1S/C23H22ClN4O3P/c1-14-4-5-20-19(8-14)22(32(30,31-3)18-7-15(2)6-17(24)9-18)21(28-20)23(29)27-12-16-10-25-13-26-11-16/h4-11,13,28H,12H2,1-3H3,(H,27,29). The summed E-state index contributed by atoms with van der Waals surface area (Å²) in [7, 11) is -2.28. The molecule has 7 nitrogen and oxygen atoms in total. The Labute approximate surface area is 190 Å². The molecule has 0 bridgehead atoms. The first-order valence-electron chi connectivity index (χ1n) is 9.90. The number of hydrogen-bond acceptors (Lipinski definition) is 5. The van der Waals surface area contributed by atoms with Crippen molar-refractivity contribution in [1.29, 1.82) is 0 Å². The van der Waals surface area contributed by atoms with E-state index in [2.05, 4.69) is 20.3 Å². The maximum Gasteiger partial charge on any atom is 0.268 e. The quantitative estimate of drug-likeness (QED) is 0.416. The predicted octanol–water partition coefficient (Wildman–Crippen LogP) is 4.03. The summed E-state index contributed by atoms with van der Waals surface area (Å²) in [5.41, 5.74) is 3.43. The molecule has 0 radical (unpaired) electrons. The van der Waals surface area contributed by atoms with Crippen molar-refractivity contribution >= 4 is 46.4 Å². The van der Waals surface area contributed by atoms with Crippen LogP contribution in [0.3, 0.4) is 0 Å². The molecule has 0 fully saturated rings. The van der Waals surface area contributed by atoms with Crippen LogP contribution in [0.1, 0.15) is 27.2 Å². The first-order valence-corrected chi connectivity index (χ1v) is 11.9. The molecule has 2 aromatic heterocycles. The molecule has 1 unspecified atom stereocenters. The van der Waals surface area contributed by atoms with Gasteiger partial charge in [-0.15, -0.1) is 0 Å². The lowest BCUT2D eigenvalue weighted by atomic mass is 10.2. The van der Waals surface area contributed by atoms with Crippen molar-refractivity contribution < 1.29 is 13.9 Å². The number of fused-ring (bicyclic) bond motifs is 1. The summed E-state index contributed by atoms with van der Waals surface area (Å²) >= 11 is 6.26. The third-order valence-electron chi connectivity index (χ3n) is 5.14. The second-order valence-corrected chi connectivity index (χ2v) is 10.4. The number of benzene rings is 2. The smallest absolute Gasteiger partial charge is 0.268 e. The Hall–Kier alpha value is -2.99. The largest absolute Gasteiger partial charge is 0.350 e. The number of rotatable bonds is 6. The molecule has 0 aliphatic heterocycles. The first kappa shape index (κ1) is 22.2. The highest BCUT2D eigenvalue weighted by molar-refractivity contribution is 7.75. The molecule has 4 rings (SSSR count). The number of nitrogens with zero attached hydrogens (tertiary/aromatic N) is 2. The van der Waals surface area contributed by atoms with Crippen LogP contribution in [0, 0.1) is 13.8 Å². The van der Waals surface area contributed by atoms with Crippen LogP contribution in [0.5, 0.6) is 0 Å². The first-order chi connectivity index (χ1) is 15.3. The Morgan fingerprint density at radius 3 is 2.56 bits per heavy atom. The van der Waals surface area contributed by atoms with E-state index in [1.165, 1.54) is 13.4 Å². The van der Waals surface area contributed by atoms with Crippen LogP contribution >= 0.6 is 19.0 Å². The lowest BCUT2D eigenvalue weighted by molar-refractivity contribution is 0.0947. The average molecular weight is 469 g/mol. The molecule has 0 saturated heterocycles. The monoisotopic (exact) mass is 468 g/mol. The summed E-state index contributed by atoms with van der Waals surface area (Å²) in [4.78, 5) is 24.3. The molecule has 2 aromatic carbocycles. The molecule has 0 saturated carbocycles. The van der Waals surface area contributed by atoms with Crippen molar-refractivity contribution in [3.05, 3.63) is 82.5 Å². The zero-order valence-electron chi connectivity index (χ0n) is 17.8. The van der Waals surface area contributed by atoms with E-state index in [-0.39, 0.29) is 12.2 Å². The fourth-order valence-electron chi connectivity index (χ4n) is 3.67. The summed E-state index contributed by atoms with van der Waals surface area (Å²) in [5, 5.41) is 4.71. The predicted molar refractivity (Wildman–Crippen MR) is 126 cm³/mol. The summed E-state index contributed by atoms with van der Waals surface area (Å²) in [5.74, 6) is -0.409. The molecule has 1 amide bonds. The van der Waals surface area contributed by atoms with Crippen LogP contribution in [-0.4, -0.2) is 28.0 Å². The van der Waals surface area contributed by atoms with Gasteiger partial charge in [0.25, 0.3) is 13.3 Å². The van der Waals surface area contributed by atoms with Gasteiger partial charge in [0, 0.05) is 52.8 Å². The van der Waals surface area contributed by atoms with Crippen molar-refractivity contribution in [1.82, 2.24) is 20.3 Å². The maximum atomic E-state index is 14.4. The highest BCUT2D eigenvalue weighted by Crippen LogP contribution is 2.47. The number of carbonyl (C=O) groups is 1. The van der Waals surface area contributed by atoms with Crippen molar-refractivity contribution in [2.45, 2.75) is 20.4 Å². The van der Waals surface area contributed by atoms with E-state index >= 15 is 0 Å². The highest BCUT2D eigenvalue weighted by Gasteiger charge is 2.36. The lowest BCUT2D eigenvalue weighted by Crippen LogP contribution is -2.30. The zero-order chi connectivity index (χ0) is 22.9. The molecule has 2 N–H and O–H groups in total. The summed E-state index contributed by atoms with van der Waals surface area (Å²) in [6.07, 6.45) is 4.67. The Morgan fingerprint density at radius 2 is 1.88 bits per heavy atom. The number of hydrogen-bond donors (Lipinski definition) is 2. The number of aryl methyl sites for hydroxylation is 2. The highest BCUT2D eigenvalue weighted by atomic mass is 35.5. The normalized spacial score (nSPS) is 13.1. The lowest BCUT2D eigenvalue weighted by Gasteiger charge is -2.19. The van der Waals surface area contributed by atoms with Crippen molar-refractivity contribution in [2.24, 2.45) is 0 Å². The van der Waals surface area contributed by atoms with Crippen molar-refractivity contribution in [3.8, 4) is 0 Å². The van der Waals surface area contributed by atoms with Gasteiger partial charge in [-0.25, -0.2) is 9.97 Å². The fourth-order valence-corrected chi connectivity index (χ4v) is 6.32. The van der Waals surface area contributed by atoms with Crippen LogP contribution < -0.4 is 15.9 Å². The Kier molecular flexibility index (Phi) is 6.15. The topological polar surface area (TPSA) is 97.0 Å². The van der Waals surface area contributed by atoms with Gasteiger partial charge in [-0.05, 0) is 49.7 Å². The van der Waals surface area contributed by atoms with Crippen LogP contribution in [-0.2, 0) is 15.6 Å². The summed E-state index contributed by atoms with van der Waals surface area (Å²) in [6.45, 7) is 4.03. The molecule has 32 heavy (non-hydrogen) atoms. The molecule has 0 spiro atoms. The average Bonchev–Trinajstić information content (AvgIpc) is 3.16. The molecule has 1 atom stereocenters. The molecule has 9 heteroatoms. The minimum Gasteiger partial charge on any atom is -0.350 e. The Morgan fingerprint density at radius 1 is 1.12 bits per heavy atom. The van der Waals surface area contributed by atoms with Crippen molar-refractivity contribution in [2.75, 3.05) is 7.11 Å². The van der Waals surface area contributed by atoms with Gasteiger partial charge < -0.3 is 14.8 Å². The minimum absolute atomic E-state index is 0.185. The number of aromatic nitrogens is 3. The van der Waals surface area contributed by atoms with E-state index in [1.54, 1.807) is 30.6 Å². The third kappa shape index (κ3) is 4.19. The number of aromatic amines is 1. The molecule has 0 aliphatic carbocycles. The van der Waals surface area contributed by atoms with Gasteiger partial charge in [-0.1, -0.05) is 23.2 Å². The Bertz CT molecular complexity index is 1330. The van der Waals surface area contributed by atoms with E-state index < -0.39 is 13.3 Å². The minimum atomic E-state index is -3.66. The second-order valence-electron chi connectivity index (χ2n) is 7.55. The van der Waals surface area contributed by atoms with Crippen LogP contribution in [0.25, 0.3) is 10.9 Å². The van der Waals surface area contributed by atoms with Crippen LogP contribution in [0.15, 0.2) is 55.1 Å². The van der Waals surface area contributed by atoms with Gasteiger partial charge in [0.2, 0.25) is 0 Å². The molecule has 0 aliphatic rings. The van der Waals surface area contributed by atoms with E-state index in [4.69, 9.17) is 16.1 Å². The summed E-state index contributed by atoms with van der Waals surface area (Å²) in [6, 6.07) is 10.8. The van der Waals surface area contributed by atoms with Gasteiger partial charge >= 0.3 is 0 Å². The third-order valence-corrected chi connectivity index (χ3v) is 7.86. The van der Waals surface area contributed by atoms with Gasteiger partial charge in [0.1, 0.15) is 12.0 Å². The molecule has 2 heterocycles. The molecular formula is C23H22ClN4O3P. The fraction of sp³-hybridized carbons (Fsp3) is 0.174. The van der Waals surface area contributed by atoms with Crippen LogP contribution in [0.2, 0.25) is 5.02 Å². The number of halogens is 1. The number of amides is 1. The Balaban J connectivity index is 1.87. The maximum absolute atomic E-state index is 14.4. The van der Waals surface area contributed by atoms with E-state index in [9.17, 15) is 9.36 Å².